The number of nitrogens with zero attached hydrogens (tertiary/aromatic N) is 2. The minimum Gasteiger partial charge on any atom is -0.493 e. The average molecular weight is 407 g/mol. The maximum Gasteiger partial charge on any atom is 0.261 e. The second-order valence-corrected chi connectivity index (χ2v) is 7.21. The van der Waals surface area contributed by atoms with Crippen LogP contribution < -0.4 is 10.1 Å². The molecule has 0 fully saturated rings. The lowest BCUT2D eigenvalue weighted by atomic mass is 10.1. The third-order valence-corrected chi connectivity index (χ3v) is 5.30. The molecular formula is C21H17N3O4S. The first kappa shape index (κ1) is 18.8. The smallest absolute Gasteiger partial charge is 0.261 e. The Morgan fingerprint density at radius 2 is 1.86 bits per heavy atom. The van der Waals surface area contributed by atoms with Crippen LogP contribution >= 0.6 is 11.3 Å². The van der Waals surface area contributed by atoms with Gasteiger partial charge in [0.2, 0.25) is 0 Å². The van der Waals surface area contributed by atoms with Crippen molar-refractivity contribution in [2.75, 3.05) is 19.0 Å². The highest BCUT2D eigenvalue weighted by Gasteiger charge is 2.33. The van der Waals surface area contributed by atoms with Crippen molar-refractivity contribution in [3.05, 3.63) is 64.5 Å². The summed E-state index contributed by atoms with van der Waals surface area (Å²) in [5.74, 6) is -0.455. The number of rotatable bonds is 5. The number of hydrogen-bond acceptors (Lipinski definition) is 6. The zero-order valence-corrected chi connectivity index (χ0v) is 16.6. The van der Waals surface area contributed by atoms with Crippen molar-refractivity contribution >= 4 is 34.2 Å². The van der Waals surface area contributed by atoms with E-state index in [0.717, 1.165) is 16.2 Å². The number of imide groups is 1. The van der Waals surface area contributed by atoms with Crippen LogP contribution in [0, 0.1) is 0 Å². The molecule has 7 nitrogen and oxygen atoms in total. The summed E-state index contributed by atoms with van der Waals surface area (Å²) < 4.78 is 5.63. The largest absolute Gasteiger partial charge is 0.493 e. The highest BCUT2D eigenvalue weighted by molar-refractivity contribution is 7.14. The molecule has 1 N–H and O–H groups in total. The number of para-hydroxylation sites is 1. The van der Waals surface area contributed by atoms with Gasteiger partial charge in [0.1, 0.15) is 5.75 Å². The van der Waals surface area contributed by atoms with Crippen molar-refractivity contribution in [3.63, 3.8) is 0 Å². The summed E-state index contributed by atoms with van der Waals surface area (Å²) in [5.41, 5.74) is 2.36. The fourth-order valence-electron chi connectivity index (χ4n) is 3.09. The number of fused-ring (bicyclic) bond motifs is 1. The van der Waals surface area contributed by atoms with E-state index in [2.05, 4.69) is 10.3 Å². The molecule has 0 bridgehead atoms. The molecule has 2 aromatic carbocycles. The molecule has 0 unspecified atom stereocenters. The number of thiazole rings is 1. The summed E-state index contributed by atoms with van der Waals surface area (Å²) in [4.78, 5) is 42.2. The molecule has 2 heterocycles. The summed E-state index contributed by atoms with van der Waals surface area (Å²) in [5, 5.41) is 5.01. The number of aromatic nitrogens is 1. The SMILES string of the molecule is CCOc1ccccc1-c1csc(NC(=O)c2ccc3c(c2)C(=O)N(C)C3=O)n1. The van der Waals surface area contributed by atoms with E-state index in [9.17, 15) is 14.4 Å². The van der Waals surface area contributed by atoms with Crippen LogP contribution in [0.4, 0.5) is 5.13 Å². The Labute approximate surface area is 170 Å². The first-order chi connectivity index (χ1) is 14.0. The quantitative estimate of drug-likeness (QED) is 0.652. The van der Waals surface area contributed by atoms with Gasteiger partial charge in [-0.15, -0.1) is 11.3 Å². The number of amides is 3. The van der Waals surface area contributed by atoms with E-state index in [1.807, 2.05) is 36.6 Å². The molecule has 1 aromatic heterocycles. The third-order valence-electron chi connectivity index (χ3n) is 4.54. The average Bonchev–Trinajstić information content (AvgIpc) is 3.28. The van der Waals surface area contributed by atoms with Gasteiger partial charge >= 0.3 is 0 Å². The monoisotopic (exact) mass is 407 g/mol. The van der Waals surface area contributed by atoms with Crippen LogP contribution in [0.25, 0.3) is 11.3 Å². The summed E-state index contributed by atoms with van der Waals surface area (Å²) in [7, 11) is 1.42. The molecule has 0 aliphatic carbocycles. The van der Waals surface area contributed by atoms with Crippen molar-refractivity contribution in [1.29, 1.82) is 0 Å². The van der Waals surface area contributed by atoms with Crippen molar-refractivity contribution in [1.82, 2.24) is 9.88 Å². The van der Waals surface area contributed by atoms with E-state index in [4.69, 9.17) is 4.74 Å². The molecule has 0 spiro atoms. The number of hydrogen-bond donors (Lipinski definition) is 1. The third kappa shape index (κ3) is 3.38. The molecule has 0 saturated heterocycles. The number of carbonyl (C=O) groups excluding carboxylic acids is 3. The van der Waals surface area contributed by atoms with Crippen LogP contribution in [0.3, 0.4) is 0 Å². The Morgan fingerprint density at radius 1 is 1.10 bits per heavy atom. The molecule has 8 heteroatoms. The van der Waals surface area contributed by atoms with Crippen molar-refractivity contribution in [2.24, 2.45) is 0 Å². The lowest BCUT2D eigenvalue weighted by Gasteiger charge is -2.07. The number of ether oxygens (including phenoxy) is 1. The molecule has 3 aromatic rings. The highest BCUT2D eigenvalue weighted by atomic mass is 32.1. The van der Waals surface area contributed by atoms with Crippen LogP contribution in [0.15, 0.2) is 47.8 Å². The molecule has 29 heavy (non-hydrogen) atoms. The Bertz CT molecular complexity index is 1140. The minimum absolute atomic E-state index is 0.232. The van der Waals surface area contributed by atoms with Gasteiger partial charge in [-0.1, -0.05) is 12.1 Å². The fraction of sp³-hybridized carbons (Fsp3) is 0.143. The molecular weight excluding hydrogens is 390 g/mol. The van der Waals surface area contributed by atoms with Crippen LogP contribution in [0.2, 0.25) is 0 Å². The second-order valence-electron chi connectivity index (χ2n) is 6.35. The Kier molecular flexibility index (Phi) is 4.85. The number of anilines is 1. The molecule has 0 radical (unpaired) electrons. The number of benzene rings is 2. The van der Waals surface area contributed by atoms with Crippen LogP contribution in [0.5, 0.6) is 5.75 Å². The maximum absolute atomic E-state index is 12.6. The first-order valence-electron chi connectivity index (χ1n) is 8.95. The van der Waals surface area contributed by atoms with Gasteiger partial charge in [0, 0.05) is 23.6 Å². The van der Waals surface area contributed by atoms with E-state index >= 15 is 0 Å². The van der Waals surface area contributed by atoms with Crippen molar-refractivity contribution in [3.8, 4) is 17.0 Å². The maximum atomic E-state index is 12.6. The Hall–Kier alpha value is -3.52. The standard InChI is InChI=1S/C21H17N3O4S/c1-3-28-17-7-5-4-6-14(17)16-11-29-21(22-16)23-18(25)12-8-9-13-15(10-12)20(27)24(2)19(13)26/h4-11H,3H2,1-2H3,(H,22,23,25). The molecule has 3 amide bonds. The van der Waals surface area contributed by atoms with Gasteiger partial charge in [-0.2, -0.15) is 0 Å². The predicted molar refractivity (Wildman–Crippen MR) is 110 cm³/mol. The number of carbonyl (C=O) groups is 3. The topological polar surface area (TPSA) is 88.6 Å². The minimum atomic E-state index is -0.413. The first-order valence-corrected chi connectivity index (χ1v) is 9.83. The second kappa shape index (κ2) is 7.48. The van der Waals surface area contributed by atoms with Gasteiger partial charge in [-0.25, -0.2) is 4.98 Å². The summed E-state index contributed by atoms with van der Waals surface area (Å²) >= 11 is 1.29. The Balaban J connectivity index is 1.55. The lowest BCUT2D eigenvalue weighted by Crippen LogP contribution is -2.24. The van der Waals surface area contributed by atoms with Crippen molar-refractivity contribution < 1.29 is 19.1 Å². The number of nitrogens with one attached hydrogen (secondary N) is 1. The van der Waals surface area contributed by atoms with Gasteiger partial charge in [0.05, 0.1) is 23.4 Å². The van der Waals surface area contributed by atoms with E-state index in [1.54, 1.807) is 0 Å². The van der Waals surface area contributed by atoms with E-state index in [1.165, 1.54) is 36.6 Å². The van der Waals surface area contributed by atoms with Gasteiger partial charge in [0.25, 0.3) is 17.7 Å². The zero-order valence-electron chi connectivity index (χ0n) is 15.8. The molecule has 0 atom stereocenters. The zero-order chi connectivity index (χ0) is 20.5. The van der Waals surface area contributed by atoms with Crippen LogP contribution in [0.1, 0.15) is 38.0 Å². The predicted octanol–water partition coefficient (Wildman–Crippen LogP) is 3.69. The van der Waals surface area contributed by atoms with Crippen molar-refractivity contribution in [2.45, 2.75) is 6.92 Å². The molecule has 1 aliphatic rings. The fourth-order valence-corrected chi connectivity index (χ4v) is 3.79. The molecule has 1 aliphatic heterocycles. The van der Waals surface area contributed by atoms with Crippen LogP contribution in [-0.2, 0) is 0 Å². The van der Waals surface area contributed by atoms with Gasteiger partial charge in [-0.05, 0) is 37.3 Å². The van der Waals surface area contributed by atoms with Gasteiger partial charge in [0.15, 0.2) is 5.13 Å². The summed E-state index contributed by atoms with van der Waals surface area (Å²) in [6.07, 6.45) is 0. The van der Waals surface area contributed by atoms with E-state index in [-0.39, 0.29) is 17.0 Å². The molecule has 146 valence electrons. The highest BCUT2D eigenvalue weighted by Crippen LogP contribution is 2.32. The molecule has 4 rings (SSSR count). The lowest BCUT2D eigenvalue weighted by molar-refractivity contribution is 0.0693. The van der Waals surface area contributed by atoms with Gasteiger partial charge in [-0.3, -0.25) is 24.6 Å². The summed E-state index contributed by atoms with van der Waals surface area (Å²) in [6.45, 7) is 2.45. The van der Waals surface area contributed by atoms with E-state index < -0.39 is 11.8 Å². The van der Waals surface area contributed by atoms with E-state index in [0.29, 0.717) is 23.0 Å². The summed E-state index contributed by atoms with van der Waals surface area (Å²) in [6, 6.07) is 12.0. The van der Waals surface area contributed by atoms with Gasteiger partial charge < -0.3 is 4.74 Å². The molecule has 0 saturated carbocycles. The van der Waals surface area contributed by atoms with Crippen LogP contribution in [-0.4, -0.2) is 41.3 Å². The normalized spacial score (nSPS) is 12.8. The Morgan fingerprint density at radius 3 is 2.66 bits per heavy atom.